The van der Waals surface area contributed by atoms with Crippen LogP contribution in [0.2, 0.25) is 0 Å². The van der Waals surface area contributed by atoms with Crippen molar-refractivity contribution in [1.29, 1.82) is 0 Å². The molecule has 98 valence electrons. The molecule has 2 heterocycles. The molecule has 0 aromatic carbocycles. The van der Waals surface area contributed by atoms with Gasteiger partial charge < -0.3 is 9.64 Å². The third-order valence-electron chi connectivity index (χ3n) is 3.75. The first-order valence-corrected chi connectivity index (χ1v) is 7.63. The predicted octanol–water partition coefficient (Wildman–Crippen LogP) is 2.67. The first-order valence-electron chi connectivity index (χ1n) is 6.75. The molecular weight excluding hydrogens is 246 g/mol. The molecule has 18 heavy (non-hydrogen) atoms. The molecule has 0 bridgehead atoms. The number of carbonyl (C=O) groups excluding carboxylic acids is 1. The highest BCUT2D eigenvalue weighted by atomic mass is 32.1. The van der Waals surface area contributed by atoms with Gasteiger partial charge in [0.2, 0.25) is 5.91 Å². The minimum Gasteiger partial charge on any atom is -0.381 e. The number of carbonyl (C=O) groups is 1. The lowest BCUT2D eigenvalue weighted by atomic mass is 10.1. The van der Waals surface area contributed by atoms with Crippen LogP contribution >= 0.6 is 11.3 Å². The molecule has 1 aliphatic carbocycles. The lowest BCUT2D eigenvalue weighted by Crippen LogP contribution is -2.43. The van der Waals surface area contributed by atoms with E-state index in [1.54, 1.807) is 11.3 Å². The van der Waals surface area contributed by atoms with Gasteiger partial charge in [-0.2, -0.15) is 0 Å². The number of ether oxygens (including phenoxy) is 1. The summed E-state index contributed by atoms with van der Waals surface area (Å²) in [5.41, 5.74) is 0. The molecule has 1 aliphatic heterocycles. The second-order valence-electron chi connectivity index (χ2n) is 5.16. The van der Waals surface area contributed by atoms with Gasteiger partial charge in [-0.25, -0.2) is 0 Å². The Hall–Kier alpha value is -0.870. The van der Waals surface area contributed by atoms with Gasteiger partial charge in [0, 0.05) is 30.1 Å². The Morgan fingerprint density at radius 3 is 2.72 bits per heavy atom. The van der Waals surface area contributed by atoms with Crippen molar-refractivity contribution in [3.8, 4) is 0 Å². The van der Waals surface area contributed by atoms with E-state index in [2.05, 4.69) is 22.4 Å². The third-order valence-corrected chi connectivity index (χ3v) is 4.61. The Balaban J connectivity index is 1.71. The Bertz CT molecular complexity index is 394. The summed E-state index contributed by atoms with van der Waals surface area (Å²) in [4.78, 5) is 15.8. The molecule has 1 saturated carbocycles. The fraction of sp³-hybridized carbons (Fsp3) is 0.643. The summed E-state index contributed by atoms with van der Waals surface area (Å²) in [6.45, 7) is 2.38. The van der Waals surface area contributed by atoms with E-state index in [4.69, 9.17) is 4.74 Å². The highest BCUT2D eigenvalue weighted by Crippen LogP contribution is 2.33. The molecule has 1 saturated heterocycles. The molecule has 3 rings (SSSR count). The van der Waals surface area contributed by atoms with Crippen LogP contribution in [0.3, 0.4) is 0 Å². The van der Waals surface area contributed by atoms with Crippen LogP contribution in [0, 0.1) is 5.92 Å². The first-order chi connectivity index (χ1) is 8.84. The normalized spacial score (nSPS) is 20.9. The maximum absolute atomic E-state index is 12.4. The van der Waals surface area contributed by atoms with E-state index in [-0.39, 0.29) is 0 Å². The van der Waals surface area contributed by atoms with E-state index in [0.717, 1.165) is 45.4 Å². The quantitative estimate of drug-likeness (QED) is 0.837. The lowest BCUT2D eigenvalue weighted by molar-refractivity contribution is -0.137. The zero-order valence-electron chi connectivity index (χ0n) is 10.5. The zero-order chi connectivity index (χ0) is 12.4. The van der Waals surface area contributed by atoms with Gasteiger partial charge in [0.1, 0.15) is 0 Å². The van der Waals surface area contributed by atoms with Crippen molar-refractivity contribution in [3.05, 3.63) is 22.4 Å². The van der Waals surface area contributed by atoms with Gasteiger partial charge in [0.25, 0.3) is 0 Å². The van der Waals surface area contributed by atoms with Gasteiger partial charge >= 0.3 is 0 Å². The average Bonchev–Trinajstić information content (AvgIpc) is 3.14. The van der Waals surface area contributed by atoms with Gasteiger partial charge in [0.05, 0.1) is 6.54 Å². The fourth-order valence-electron chi connectivity index (χ4n) is 2.52. The number of hydrogen-bond donors (Lipinski definition) is 0. The second-order valence-corrected chi connectivity index (χ2v) is 6.20. The molecule has 0 radical (unpaired) electrons. The Morgan fingerprint density at radius 1 is 1.33 bits per heavy atom. The van der Waals surface area contributed by atoms with Gasteiger partial charge in [-0.15, -0.1) is 11.3 Å². The SMILES string of the molecule is O=C(C1CC1)N(Cc1cccs1)C1CCOCC1. The molecule has 1 amide bonds. The van der Waals surface area contributed by atoms with Gasteiger partial charge in [-0.1, -0.05) is 6.07 Å². The zero-order valence-corrected chi connectivity index (χ0v) is 11.3. The first kappa shape index (κ1) is 12.2. The Morgan fingerprint density at radius 2 is 2.11 bits per heavy atom. The summed E-state index contributed by atoms with van der Waals surface area (Å²) in [6.07, 6.45) is 4.15. The molecule has 1 aromatic rings. The second kappa shape index (κ2) is 5.41. The van der Waals surface area contributed by atoms with Crippen molar-refractivity contribution in [1.82, 2.24) is 4.90 Å². The number of hydrogen-bond acceptors (Lipinski definition) is 3. The largest absolute Gasteiger partial charge is 0.381 e. The van der Waals surface area contributed by atoms with E-state index >= 15 is 0 Å². The smallest absolute Gasteiger partial charge is 0.226 e. The van der Waals surface area contributed by atoms with Gasteiger partial charge in [-0.05, 0) is 37.1 Å². The summed E-state index contributed by atoms with van der Waals surface area (Å²) < 4.78 is 5.41. The number of rotatable bonds is 4. The van der Waals surface area contributed by atoms with Crippen molar-refractivity contribution in [2.75, 3.05) is 13.2 Å². The minimum atomic E-state index is 0.313. The highest BCUT2D eigenvalue weighted by Gasteiger charge is 2.36. The molecule has 2 fully saturated rings. The Kier molecular flexibility index (Phi) is 3.66. The van der Waals surface area contributed by atoms with Crippen LogP contribution in [-0.4, -0.2) is 30.1 Å². The molecule has 0 atom stereocenters. The molecule has 2 aliphatic rings. The molecule has 0 spiro atoms. The molecule has 4 heteroatoms. The van der Waals surface area contributed by atoms with E-state index in [1.807, 2.05) is 0 Å². The number of nitrogens with zero attached hydrogens (tertiary/aromatic N) is 1. The van der Waals surface area contributed by atoms with Crippen molar-refractivity contribution in [3.63, 3.8) is 0 Å². The summed E-state index contributed by atoms with van der Waals surface area (Å²) in [5, 5.41) is 2.08. The van der Waals surface area contributed by atoms with Crippen LogP contribution in [0.25, 0.3) is 0 Å². The maximum atomic E-state index is 12.4. The highest BCUT2D eigenvalue weighted by molar-refractivity contribution is 7.09. The third kappa shape index (κ3) is 2.75. The van der Waals surface area contributed by atoms with Crippen molar-refractivity contribution in [2.45, 2.75) is 38.3 Å². The van der Waals surface area contributed by atoms with Crippen LogP contribution < -0.4 is 0 Å². The molecule has 1 aromatic heterocycles. The summed E-state index contributed by atoms with van der Waals surface area (Å²) in [5.74, 6) is 0.683. The number of amides is 1. The predicted molar refractivity (Wildman–Crippen MR) is 71.4 cm³/mol. The van der Waals surface area contributed by atoms with E-state index in [0.29, 0.717) is 17.9 Å². The summed E-state index contributed by atoms with van der Waals surface area (Å²) >= 11 is 1.74. The molecule has 0 unspecified atom stereocenters. The van der Waals surface area contributed by atoms with E-state index in [1.165, 1.54) is 4.88 Å². The van der Waals surface area contributed by atoms with Crippen LogP contribution in [0.4, 0.5) is 0 Å². The van der Waals surface area contributed by atoms with E-state index < -0.39 is 0 Å². The van der Waals surface area contributed by atoms with Gasteiger partial charge in [0.15, 0.2) is 0 Å². The Labute approximate surface area is 112 Å². The maximum Gasteiger partial charge on any atom is 0.226 e. The van der Waals surface area contributed by atoms with Crippen molar-refractivity contribution >= 4 is 17.2 Å². The monoisotopic (exact) mass is 265 g/mol. The standard InChI is InChI=1S/C14H19NO2S/c16-14(11-3-4-11)15(10-13-2-1-9-18-13)12-5-7-17-8-6-12/h1-2,9,11-12H,3-8,10H2. The van der Waals surface area contributed by atoms with Crippen LogP contribution in [-0.2, 0) is 16.1 Å². The lowest BCUT2D eigenvalue weighted by Gasteiger charge is -2.34. The van der Waals surface area contributed by atoms with E-state index in [9.17, 15) is 4.79 Å². The topological polar surface area (TPSA) is 29.5 Å². The molecule has 3 nitrogen and oxygen atoms in total. The fourth-order valence-corrected chi connectivity index (χ4v) is 3.22. The van der Waals surface area contributed by atoms with Gasteiger partial charge in [-0.3, -0.25) is 4.79 Å². The average molecular weight is 265 g/mol. The summed E-state index contributed by atoms with van der Waals surface area (Å²) in [7, 11) is 0. The molecular formula is C14H19NO2S. The molecule has 0 N–H and O–H groups in total. The number of thiophene rings is 1. The van der Waals surface area contributed by atoms with Crippen LogP contribution in [0.5, 0.6) is 0 Å². The van der Waals surface area contributed by atoms with Crippen molar-refractivity contribution in [2.24, 2.45) is 5.92 Å². The summed E-state index contributed by atoms with van der Waals surface area (Å²) in [6, 6.07) is 4.56. The van der Waals surface area contributed by atoms with Crippen LogP contribution in [0.15, 0.2) is 17.5 Å². The minimum absolute atomic E-state index is 0.313. The van der Waals surface area contributed by atoms with Crippen LogP contribution in [0.1, 0.15) is 30.6 Å². The van der Waals surface area contributed by atoms with Crippen molar-refractivity contribution < 1.29 is 9.53 Å².